The maximum atomic E-state index is 10.9. The lowest BCUT2D eigenvalue weighted by atomic mass is 10.1. The van der Waals surface area contributed by atoms with Crippen molar-refractivity contribution < 1.29 is 19.2 Å². The fourth-order valence-corrected chi connectivity index (χ4v) is 4.18. The van der Waals surface area contributed by atoms with Crippen molar-refractivity contribution in [3.63, 3.8) is 0 Å². The van der Waals surface area contributed by atoms with Gasteiger partial charge in [0.15, 0.2) is 0 Å². The molecule has 0 radical (unpaired) electrons. The molecule has 1 saturated heterocycles. The Bertz CT molecular complexity index is 982. The van der Waals surface area contributed by atoms with E-state index in [9.17, 15) is 14.9 Å². The molecular formula is C17H12N2O5S3. The normalized spacial score (nSPS) is 15.6. The van der Waals surface area contributed by atoms with Crippen molar-refractivity contribution in [3.8, 4) is 11.3 Å². The van der Waals surface area contributed by atoms with E-state index in [1.165, 1.54) is 23.9 Å². The Balaban J connectivity index is 1.80. The van der Waals surface area contributed by atoms with Crippen LogP contribution in [0.15, 0.2) is 45.7 Å². The second-order valence-corrected chi connectivity index (χ2v) is 7.55. The van der Waals surface area contributed by atoms with Crippen LogP contribution >= 0.6 is 36.2 Å². The van der Waals surface area contributed by atoms with Crippen LogP contribution in [0.4, 0.5) is 5.69 Å². The number of nitro groups is 1. The van der Waals surface area contributed by atoms with Crippen LogP contribution in [0.3, 0.4) is 0 Å². The number of hydrogen-bond donors (Lipinski definition) is 1. The van der Waals surface area contributed by atoms with E-state index < -0.39 is 10.9 Å². The van der Waals surface area contributed by atoms with E-state index >= 15 is 0 Å². The van der Waals surface area contributed by atoms with Gasteiger partial charge >= 0.3 is 5.97 Å². The van der Waals surface area contributed by atoms with Crippen LogP contribution in [0.25, 0.3) is 17.4 Å². The molecule has 0 bridgehead atoms. The Kier molecular flexibility index (Phi) is 5.68. The van der Waals surface area contributed by atoms with E-state index in [4.69, 9.17) is 34.0 Å². The number of thiocarbonyl (C=S) groups is 2. The van der Waals surface area contributed by atoms with E-state index in [0.717, 1.165) is 0 Å². The summed E-state index contributed by atoms with van der Waals surface area (Å²) in [6.07, 6.45) is 1.66. The van der Waals surface area contributed by atoms with Gasteiger partial charge in [0.25, 0.3) is 5.69 Å². The summed E-state index contributed by atoms with van der Waals surface area (Å²) in [7, 11) is 0. The average Bonchev–Trinajstić information content (AvgIpc) is 3.19. The van der Waals surface area contributed by atoms with Crippen LogP contribution in [-0.2, 0) is 4.79 Å². The van der Waals surface area contributed by atoms with Crippen molar-refractivity contribution in [3.05, 3.63) is 57.2 Å². The molecule has 1 fully saturated rings. The second kappa shape index (κ2) is 7.99. The Hall–Kier alpha value is -2.56. The highest BCUT2D eigenvalue weighted by Crippen LogP contribution is 2.35. The molecule has 1 N–H and O–H groups in total. The van der Waals surface area contributed by atoms with Gasteiger partial charge in [0.1, 0.15) is 20.8 Å². The Labute approximate surface area is 168 Å². The highest BCUT2D eigenvalue weighted by Gasteiger charge is 2.29. The molecule has 0 amide bonds. The second-order valence-electron chi connectivity index (χ2n) is 5.49. The van der Waals surface area contributed by atoms with Gasteiger partial charge in [0, 0.05) is 24.2 Å². The van der Waals surface area contributed by atoms with Crippen molar-refractivity contribution in [2.45, 2.75) is 6.42 Å². The van der Waals surface area contributed by atoms with Gasteiger partial charge in [-0.05, 0) is 18.2 Å². The first-order chi connectivity index (χ1) is 12.8. The molecule has 10 heteroatoms. The predicted molar refractivity (Wildman–Crippen MR) is 111 cm³/mol. The molecule has 1 aliphatic heterocycles. The lowest BCUT2D eigenvalue weighted by Gasteiger charge is -2.14. The van der Waals surface area contributed by atoms with Crippen molar-refractivity contribution in [1.29, 1.82) is 0 Å². The maximum Gasteiger partial charge on any atom is 0.305 e. The van der Waals surface area contributed by atoms with Crippen LogP contribution in [0.1, 0.15) is 12.2 Å². The molecule has 1 aromatic heterocycles. The minimum absolute atomic E-state index is 0.0178. The van der Waals surface area contributed by atoms with Gasteiger partial charge in [-0.15, -0.1) is 0 Å². The molecule has 1 aliphatic rings. The summed E-state index contributed by atoms with van der Waals surface area (Å²) >= 11 is 11.9. The van der Waals surface area contributed by atoms with E-state index in [1.807, 2.05) is 0 Å². The number of thioether (sulfide) groups is 1. The maximum absolute atomic E-state index is 10.9. The van der Waals surface area contributed by atoms with Crippen molar-refractivity contribution in [1.82, 2.24) is 4.90 Å². The lowest BCUT2D eigenvalue weighted by Crippen LogP contribution is -2.29. The van der Waals surface area contributed by atoms with Crippen molar-refractivity contribution >= 4 is 63.2 Å². The number of hydrogen-bond acceptors (Lipinski definition) is 7. The molecule has 0 atom stereocenters. The van der Waals surface area contributed by atoms with Gasteiger partial charge < -0.3 is 14.4 Å². The van der Waals surface area contributed by atoms with E-state index in [2.05, 4.69) is 0 Å². The lowest BCUT2D eigenvalue weighted by molar-refractivity contribution is -0.384. The van der Waals surface area contributed by atoms with Gasteiger partial charge in [0.2, 0.25) is 0 Å². The number of nitro benzene ring substituents is 1. The summed E-state index contributed by atoms with van der Waals surface area (Å²) in [5, 5.41) is 19.7. The molecular weight excluding hydrogens is 408 g/mol. The van der Waals surface area contributed by atoms with Crippen molar-refractivity contribution in [2.75, 3.05) is 6.54 Å². The Morgan fingerprint density at radius 3 is 2.81 bits per heavy atom. The monoisotopic (exact) mass is 420 g/mol. The number of carboxylic acid groups (broad SMARTS) is 1. The molecule has 7 nitrogen and oxygen atoms in total. The molecule has 3 rings (SSSR count). The minimum atomic E-state index is -0.921. The molecule has 27 heavy (non-hydrogen) atoms. The van der Waals surface area contributed by atoms with E-state index in [-0.39, 0.29) is 18.7 Å². The van der Waals surface area contributed by atoms with Crippen molar-refractivity contribution in [2.24, 2.45) is 0 Å². The third-order valence-electron chi connectivity index (χ3n) is 3.66. The number of nitrogens with zero attached hydrogens (tertiary/aromatic N) is 2. The number of non-ortho nitro benzene ring substituents is 1. The van der Waals surface area contributed by atoms with Gasteiger partial charge in [-0.3, -0.25) is 14.9 Å². The fourth-order valence-electron chi connectivity index (χ4n) is 2.39. The highest BCUT2D eigenvalue weighted by atomic mass is 32.2. The highest BCUT2D eigenvalue weighted by molar-refractivity contribution is 8.27. The Morgan fingerprint density at radius 2 is 2.11 bits per heavy atom. The summed E-state index contributed by atoms with van der Waals surface area (Å²) < 4.78 is 6.25. The van der Waals surface area contributed by atoms with Crippen LogP contribution in [-0.4, -0.2) is 36.8 Å². The van der Waals surface area contributed by atoms with Gasteiger partial charge in [0.05, 0.1) is 16.2 Å². The summed E-state index contributed by atoms with van der Waals surface area (Å²) in [5.41, 5.74) is 0.574. The fraction of sp³-hybridized carbons (Fsp3) is 0.118. The molecule has 0 unspecified atom stereocenters. The summed E-state index contributed by atoms with van der Waals surface area (Å²) in [6.45, 7) is 0.217. The number of carbonyl (C=O) groups is 1. The van der Waals surface area contributed by atoms with Gasteiger partial charge in [-0.2, -0.15) is 0 Å². The van der Waals surface area contributed by atoms with E-state index in [0.29, 0.717) is 31.3 Å². The van der Waals surface area contributed by atoms with Gasteiger partial charge in [-0.1, -0.05) is 48.3 Å². The van der Waals surface area contributed by atoms with Crippen LogP contribution in [0.5, 0.6) is 0 Å². The molecule has 2 aromatic rings. The average molecular weight is 420 g/mol. The SMILES string of the molecule is O=C(O)CCN1C(=S)S/C(=C\c2ccc(-c3cccc([N+](=O)[O-])c3)o2)C1=S. The third-order valence-corrected chi connectivity index (χ3v) is 5.63. The van der Waals surface area contributed by atoms with Crippen LogP contribution < -0.4 is 0 Å². The molecule has 1 aromatic carbocycles. The topological polar surface area (TPSA) is 96.8 Å². The molecule has 2 heterocycles. The first-order valence-electron chi connectivity index (χ1n) is 7.67. The van der Waals surface area contributed by atoms with E-state index in [1.54, 1.807) is 35.2 Å². The molecule has 0 saturated carbocycles. The quantitative estimate of drug-likeness (QED) is 0.317. The molecule has 0 spiro atoms. The summed E-state index contributed by atoms with van der Waals surface area (Å²) in [5.74, 6) is 0.0877. The number of benzene rings is 1. The first-order valence-corrected chi connectivity index (χ1v) is 9.30. The standard InChI is InChI=1S/C17H12N2O5S3/c20-15(21)6-7-18-16(25)14(27-17(18)26)9-12-4-5-13(24-12)10-2-1-3-11(8-10)19(22)23/h1-5,8-9H,6-7H2,(H,20,21)/b14-9-. The predicted octanol–water partition coefficient (Wildman–Crippen LogP) is 4.33. The zero-order valence-corrected chi connectivity index (χ0v) is 16.1. The number of carboxylic acids is 1. The molecule has 138 valence electrons. The zero-order valence-electron chi connectivity index (χ0n) is 13.7. The van der Waals surface area contributed by atoms with Crippen LogP contribution in [0.2, 0.25) is 0 Å². The smallest absolute Gasteiger partial charge is 0.305 e. The number of rotatable bonds is 6. The molecule has 0 aliphatic carbocycles. The largest absolute Gasteiger partial charge is 0.481 e. The van der Waals surface area contributed by atoms with Gasteiger partial charge in [-0.25, -0.2) is 0 Å². The number of furan rings is 1. The Morgan fingerprint density at radius 1 is 1.33 bits per heavy atom. The zero-order chi connectivity index (χ0) is 19.6. The minimum Gasteiger partial charge on any atom is -0.481 e. The third kappa shape index (κ3) is 4.41. The summed E-state index contributed by atoms with van der Waals surface area (Å²) in [4.78, 5) is 24.0. The van der Waals surface area contributed by atoms with Crippen LogP contribution in [0, 0.1) is 10.1 Å². The number of aliphatic carboxylic acids is 1. The first kappa shape index (κ1) is 19.2. The summed E-state index contributed by atoms with van der Waals surface area (Å²) in [6, 6.07) is 9.61.